The molecule has 0 bridgehead atoms. The monoisotopic (exact) mass is 289 g/mol. The highest BCUT2D eigenvalue weighted by molar-refractivity contribution is 6.35. The van der Waals surface area contributed by atoms with Gasteiger partial charge in [0.25, 0.3) is 0 Å². The van der Waals surface area contributed by atoms with Crippen LogP contribution in [-0.4, -0.2) is 16.1 Å². The number of pyridine rings is 1. The lowest BCUT2D eigenvalue weighted by atomic mass is 10.0. The van der Waals surface area contributed by atoms with Gasteiger partial charge in [0.1, 0.15) is 0 Å². The average molecular weight is 290 g/mol. The smallest absolute Gasteiger partial charge is 0.417 e. The van der Waals surface area contributed by atoms with Gasteiger partial charge in [0.15, 0.2) is 0 Å². The van der Waals surface area contributed by atoms with E-state index in [-0.39, 0.29) is 15.9 Å². The van der Waals surface area contributed by atoms with Crippen LogP contribution in [0.3, 0.4) is 0 Å². The second-order valence-corrected chi connectivity index (χ2v) is 4.40. The maximum atomic E-state index is 13.1. The summed E-state index contributed by atoms with van der Waals surface area (Å²) in [5, 5.41) is 8.60. The summed E-state index contributed by atoms with van der Waals surface area (Å²) in [6, 6.07) is 2.70. The third-order valence-electron chi connectivity index (χ3n) is 2.58. The number of fused-ring (bicyclic) bond motifs is 1. The molecule has 19 heavy (non-hydrogen) atoms. The van der Waals surface area contributed by atoms with Crippen LogP contribution in [0.4, 0.5) is 13.2 Å². The number of carbonyl (C=O) groups is 1. The molecule has 0 atom stereocenters. The highest BCUT2D eigenvalue weighted by atomic mass is 35.5. The third-order valence-corrected chi connectivity index (χ3v) is 2.87. The normalized spacial score (nSPS) is 11.8. The van der Waals surface area contributed by atoms with Gasteiger partial charge in [-0.05, 0) is 24.6 Å². The Morgan fingerprint density at radius 3 is 2.53 bits per heavy atom. The van der Waals surface area contributed by atoms with E-state index in [4.69, 9.17) is 16.7 Å². The molecular weight excluding hydrogens is 283 g/mol. The first kappa shape index (κ1) is 13.6. The summed E-state index contributed by atoms with van der Waals surface area (Å²) in [4.78, 5) is 14.6. The van der Waals surface area contributed by atoms with E-state index in [1.807, 2.05) is 0 Å². The molecule has 2 aromatic rings. The molecule has 0 saturated carbocycles. The van der Waals surface area contributed by atoms with E-state index in [0.29, 0.717) is 11.8 Å². The summed E-state index contributed by atoms with van der Waals surface area (Å²) in [6.07, 6.45) is -4.12. The van der Waals surface area contributed by atoms with Crippen LogP contribution in [0.5, 0.6) is 0 Å². The van der Waals surface area contributed by atoms with Crippen molar-refractivity contribution < 1.29 is 23.1 Å². The molecule has 1 heterocycles. The van der Waals surface area contributed by atoms with E-state index < -0.39 is 23.3 Å². The van der Waals surface area contributed by atoms with Crippen LogP contribution in [-0.2, 0) is 6.18 Å². The Kier molecular flexibility index (Phi) is 3.14. The molecule has 100 valence electrons. The van der Waals surface area contributed by atoms with Gasteiger partial charge >= 0.3 is 12.1 Å². The number of hydrogen-bond donors (Lipinski definition) is 1. The topological polar surface area (TPSA) is 50.2 Å². The SMILES string of the molecule is Cc1cc(Cl)c2ncc(C(=O)O)c(C(F)(F)F)c2c1. The zero-order valence-corrected chi connectivity index (χ0v) is 10.3. The second-order valence-electron chi connectivity index (χ2n) is 3.99. The molecule has 0 radical (unpaired) electrons. The van der Waals surface area contributed by atoms with E-state index >= 15 is 0 Å². The minimum atomic E-state index is -4.80. The van der Waals surface area contributed by atoms with E-state index in [1.165, 1.54) is 12.1 Å². The highest BCUT2D eigenvalue weighted by Crippen LogP contribution is 2.38. The van der Waals surface area contributed by atoms with Gasteiger partial charge in [-0.15, -0.1) is 0 Å². The van der Waals surface area contributed by atoms with Crippen molar-refractivity contribution in [3.63, 3.8) is 0 Å². The van der Waals surface area contributed by atoms with Crippen molar-refractivity contribution in [2.24, 2.45) is 0 Å². The summed E-state index contributed by atoms with van der Waals surface area (Å²) >= 11 is 5.84. The molecule has 7 heteroatoms. The zero-order chi connectivity index (χ0) is 14.4. The lowest BCUT2D eigenvalue weighted by Gasteiger charge is -2.14. The Morgan fingerprint density at radius 1 is 1.37 bits per heavy atom. The predicted molar refractivity (Wildman–Crippen MR) is 63.5 cm³/mol. The van der Waals surface area contributed by atoms with E-state index in [2.05, 4.69) is 4.98 Å². The van der Waals surface area contributed by atoms with Crippen LogP contribution >= 0.6 is 11.6 Å². The molecular formula is C12H7ClF3NO2. The molecule has 0 aliphatic heterocycles. The molecule has 3 nitrogen and oxygen atoms in total. The van der Waals surface area contributed by atoms with Crippen molar-refractivity contribution >= 4 is 28.5 Å². The summed E-state index contributed by atoms with van der Waals surface area (Å²) in [5.41, 5.74) is -1.69. The van der Waals surface area contributed by atoms with Crippen molar-refractivity contribution in [1.82, 2.24) is 4.98 Å². The zero-order valence-electron chi connectivity index (χ0n) is 9.55. The van der Waals surface area contributed by atoms with Gasteiger partial charge in [-0.2, -0.15) is 13.2 Å². The Balaban J connectivity index is 2.99. The molecule has 0 saturated heterocycles. The number of halogens is 4. The van der Waals surface area contributed by atoms with Gasteiger partial charge in [-0.3, -0.25) is 4.98 Å². The fraction of sp³-hybridized carbons (Fsp3) is 0.167. The fourth-order valence-electron chi connectivity index (χ4n) is 1.86. The number of alkyl halides is 3. The summed E-state index contributed by atoms with van der Waals surface area (Å²) in [6.45, 7) is 1.57. The number of carboxylic acids is 1. The lowest BCUT2D eigenvalue weighted by Crippen LogP contribution is -2.14. The summed E-state index contributed by atoms with van der Waals surface area (Å²) < 4.78 is 39.2. The maximum Gasteiger partial charge on any atom is 0.417 e. The number of aromatic nitrogens is 1. The molecule has 0 aliphatic rings. The Bertz CT molecular complexity index is 683. The Labute approximate surface area is 110 Å². The molecule has 0 fully saturated rings. The van der Waals surface area contributed by atoms with E-state index in [9.17, 15) is 18.0 Å². The molecule has 1 aromatic heterocycles. The number of nitrogens with zero attached hydrogens (tertiary/aromatic N) is 1. The quantitative estimate of drug-likeness (QED) is 0.866. The Hall–Kier alpha value is -1.82. The van der Waals surface area contributed by atoms with Gasteiger partial charge < -0.3 is 5.11 Å². The van der Waals surface area contributed by atoms with Crippen LogP contribution in [0.15, 0.2) is 18.3 Å². The van der Waals surface area contributed by atoms with Crippen molar-refractivity contribution in [3.8, 4) is 0 Å². The van der Waals surface area contributed by atoms with Gasteiger partial charge in [0.05, 0.1) is 21.7 Å². The number of aryl methyl sites for hydroxylation is 1. The first-order valence-corrected chi connectivity index (χ1v) is 5.49. The van der Waals surface area contributed by atoms with Gasteiger partial charge in [-0.1, -0.05) is 11.6 Å². The summed E-state index contributed by atoms with van der Waals surface area (Å²) in [5.74, 6) is -1.68. The van der Waals surface area contributed by atoms with Crippen LogP contribution in [0.2, 0.25) is 5.02 Å². The van der Waals surface area contributed by atoms with Crippen LogP contribution in [0, 0.1) is 6.92 Å². The Morgan fingerprint density at radius 2 is 2.00 bits per heavy atom. The van der Waals surface area contributed by atoms with E-state index in [0.717, 1.165) is 0 Å². The largest absolute Gasteiger partial charge is 0.478 e. The van der Waals surface area contributed by atoms with Gasteiger partial charge in [0, 0.05) is 11.6 Å². The number of rotatable bonds is 1. The van der Waals surface area contributed by atoms with Crippen molar-refractivity contribution in [2.75, 3.05) is 0 Å². The fourth-order valence-corrected chi connectivity index (χ4v) is 2.19. The van der Waals surface area contributed by atoms with E-state index in [1.54, 1.807) is 6.92 Å². The number of aromatic carboxylic acids is 1. The van der Waals surface area contributed by atoms with Crippen LogP contribution in [0.25, 0.3) is 10.9 Å². The van der Waals surface area contributed by atoms with Crippen molar-refractivity contribution in [2.45, 2.75) is 13.1 Å². The first-order valence-electron chi connectivity index (χ1n) is 5.11. The number of carboxylic acid groups (broad SMARTS) is 1. The highest BCUT2D eigenvalue weighted by Gasteiger charge is 2.38. The lowest BCUT2D eigenvalue weighted by molar-refractivity contribution is -0.136. The van der Waals surface area contributed by atoms with Gasteiger partial charge in [-0.25, -0.2) is 4.79 Å². The second kappa shape index (κ2) is 4.38. The standard InChI is InChI=1S/C12H7ClF3NO2/c1-5-2-6-9(12(14,15)16)7(11(18)19)4-17-10(6)8(13)3-5/h2-4H,1H3,(H,18,19). The van der Waals surface area contributed by atoms with Crippen LogP contribution in [0.1, 0.15) is 21.5 Å². The minimum absolute atomic E-state index is 0.0532. The molecule has 0 unspecified atom stereocenters. The maximum absolute atomic E-state index is 13.1. The third kappa shape index (κ3) is 2.35. The first-order chi connectivity index (χ1) is 8.71. The van der Waals surface area contributed by atoms with Crippen molar-refractivity contribution in [1.29, 1.82) is 0 Å². The predicted octanol–water partition coefficient (Wildman–Crippen LogP) is 3.91. The molecule has 1 aromatic carbocycles. The molecule has 0 aliphatic carbocycles. The number of hydrogen-bond acceptors (Lipinski definition) is 2. The average Bonchev–Trinajstić information content (AvgIpc) is 2.25. The molecule has 0 spiro atoms. The summed E-state index contributed by atoms with van der Waals surface area (Å²) in [7, 11) is 0. The minimum Gasteiger partial charge on any atom is -0.478 e. The molecule has 1 N–H and O–H groups in total. The van der Waals surface area contributed by atoms with Crippen LogP contribution < -0.4 is 0 Å². The number of benzene rings is 1. The van der Waals surface area contributed by atoms with Crippen molar-refractivity contribution in [3.05, 3.63) is 40.0 Å². The van der Waals surface area contributed by atoms with Gasteiger partial charge in [0.2, 0.25) is 0 Å². The molecule has 2 rings (SSSR count). The molecule has 0 amide bonds.